The Morgan fingerprint density at radius 1 is 1.08 bits per heavy atom. The number of rotatable bonds is 2. The fraction of sp³-hybridized carbons (Fsp3) is 0.364. The molecule has 25 heavy (non-hydrogen) atoms. The van der Waals surface area contributed by atoms with E-state index in [1.807, 2.05) is 12.1 Å². The third kappa shape index (κ3) is 2.33. The first-order valence-electron chi connectivity index (χ1n) is 9.01. The number of fused-ring (bicyclic) bond motifs is 3. The van der Waals surface area contributed by atoms with Crippen LogP contribution < -0.4 is 0 Å². The highest BCUT2D eigenvalue weighted by Crippen LogP contribution is 2.54. The Hall–Kier alpha value is -2.13. The molecule has 1 aliphatic heterocycles. The van der Waals surface area contributed by atoms with Crippen LogP contribution in [0, 0.1) is 17.2 Å². The average molecular weight is 335 g/mol. The van der Waals surface area contributed by atoms with Gasteiger partial charge in [-0.2, -0.15) is 0 Å². The van der Waals surface area contributed by atoms with Crippen molar-refractivity contribution in [3.8, 4) is 0 Å². The molecule has 3 aromatic rings. The molecule has 1 saturated heterocycles. The lowest BCUT2D eigenvalue weighted by molar-refractivity contribution is 0.131. The second-order valence-electron chi connectivity index (χ2n) is 8.15. The lowest BCUT2D eigenvalue weighted by Gasteiger charge is -2.43. The predicted molar refractivity (Wildman–Crippen MR) is 97.3 cm³/mol. The van der Waals surface area contributed by atoms with Gasteiger partial charge in [-0.3, -0.25) is 0 Å². The van der Waals surface area contributed by atoms with Crippen LogP contribution in [0.2, 0.25) is 0 Å². The number of H-pyrrole nitrogens is 1. The van der Waals surface area contributed by atoms with Gasteiger partial charge in [-0.15, -0.1) is 0 Å². The normalized spacial score (nSPS) is 27.2. The third-order valence-corrected chi connectivity index (χ3v) is 6.04. The molecule has 1 aromatic heterocycles. The minimum atomic E-state index is -0.185. The molecule has 1 aliphatic carbocycles. The summed E-state index contributed by atoms with van der Waals surface area (Å²) >= 11 is 0. The van der Waals surface area contributed by atoms with Crippen molar-refractivity contribution in [3.05, 3.63) is 71.2 Å². The van der Waals surface area contributed by atoms with Crippen LogP contribution in [-0.4, -0.2) is 17.7 Å². The summed E-state index contributed by atoms with van der Waals surface area (Å²) in [6.45, 7) is 5.53. The molecule has 1 unspecified atom stereocenters. The van der Waals surface area contributed by atoms with E-state index in [0.717, 1.165) is 13.0 Å². The Kier molecular flexibility index (Phi) is 3.14. The molecular weight excluding hydrogens is 313 g/mol. The number of aromatic nitrogens is 1. The quantitative estimate of drug-likeness (QED) is 0.653. The van der Waals surface area contributed by atoms with Crippen LogP contribution in [0.15, 0.2) is 48.5 Å². The highest BCUT2D eigenvalue weighted by atomic mass is 19.1. The van der Waals surface area contributed by atoms with Crippen molar-refractivity contribution in [2.45, 2.75) is 32.3 Å². The summed E-state index contributed by atoms with van der Waals surface area (Å²) in [5.41, 5.74) is 5.17. The second-order valence-corrected chi connectivity index (χ2v) is 8.15. The van der Waals surface area contributed by atoms with Crippen LogP contribution in [0.1, 0.15) is 36.6 Å². The Labute approximate surface area is 147 Å². The molecule has 2 nitrogen and oxygen atoms in total. The van der Waals surface area contributed by atoms with Gasteiger partial charge in [0.25, 0.3) is 0 Å². The number of para-hydroxylation sites is 1. The molecule has 0 radical (unpaired) electrons. The van der Waals surface area contributed by atoms with E-state index in [1.165, 1.54) is 27.7 Å². The number of aromatic amines is 1. The summed E-state index contributed by atoms with van der Waals surface area (Å²) in [5, 5.41) is 1.31. The van der Waals surface area contributed by atoms with Crippen LogP contribution in [0.25, 0.3) is 10.9 Å². The van der Waals surface area contributed by atoms with Crippen LogP contribution in [0.5, 0.6) is 0 Å². The van der Waals surface area contributed by atoms with Crippen molar-refractivity contribution in [2.75, 3.05) is 6.61 Å². The van der Waals surface area contributed by atoms with Gasteiger partial charge in [-0.05, 0) is 41.2 Å². The van der Waals surface area contributed by atoms with Crippen molar-refractivity contribution in [3.63, 3.8) is 0 Å². The van der Waals surface area contributed by atoms with Crippen LogP contribution in [-0.2, 0) is 11.2 Å². The van der Waals surface area contributed by atoms with Gasteiger partial charge in [0.15, 0.2) is 0 Å². The Morgan fingerprint density at radius 3 is 2.52 bits per heavy atom. The SMILES string of the molecule is CC1(C)Cc2c([nH]c3ccccc23)[C@H](c2ccc(F)cc2)[C@H]1C1CO1. The van der Waals surface area contributed by atoms with Gasteiger partial charge in [-0.25, -0.2) is 4.39 Å². The first kappa shape index (κ1) is 15.2. The standard InChI is InChI=1S/C22H22FNO/c1-22(2)11-16-15-5-3-4-6-17(15)24-21(16)19(20(22)18-12-25-18)13-7-9-14(23)10-8-13/h3-10,18-20,24H,11-12H2,1-2H3/t18?,19-,20-/m1/s1. The third-order valence-electron chi connectivity index (χ3n) is 6.04. The number of hydrogen-bond acceptors (Lipinski definition) is 1. The van der Waals surface area contributed by atoms with Crippen molar-refractivity contribution < 1.29 is 9.13 Å². The van der Waals surface area contributed by atoms with E-state index in [4.69, 9.17) is 4.74 Å². The van der Waals surface area contributed by atoms with Gasteiger partial charge in [0.1, 0.15) is 5.82 Å². The predicted octanol–water partition coefficient (Wildman–Crippen LogP) is 5.04. The first-order valence-corrected chi connectivity index (χ1v) is 9.01. The molecule has 0 saturated carbocycles. The van der Waals surface area contributed by atoms with Crippen LogP contribution in [0.4, 0.5) is 4.39 Å². The summed E-state index contributed by atoms with van der Waals surface area (Å²) in [6, 6.07) is 15.5. The van der Waals surface area contributed by atoms with Crippen molar-refractivity contribution in [1.82, 2.24) is 4.98 Å². The van der Waals surface area contributed by atoms with Crippen molar-refractivity contribution >= 4 is 10.9 Å². The summed E-state index contributed by atoms with van der Waals surface area (Å²) in [5.74, 6) is 0.410. The molecule has 5 rings (SSSR count). The molecule has 0 bridgehead atoms. The van der Waals surface area contributed by atoms with E-state index in [1.54, 1.807) is 12.1 Å². The fourth-order valence-electron chi connectivity index (χ4n) is 4.91. The van der Waals surface area contributed by atoms with E-state index in [2.05, 4.69) is 43.1 Å². The summed E-state index contributed by atoms with van der Waals surface area (Å²) < 4.78 is 19.3. The summed E-state index contributed by atoms with van der Waals surface area (Å²) in [4.78, 5) is 3.68. The molecule has 2 aromatic carbocycles. The van der Waals surface area contributed by atoms with Gasteiger partial charge < -0.3 is 9.72 Å². The van der Waals surface area contributed by atoms with Gasteiger partial charge in [-0.1, -0.05) is 44.2 Å². The maximum Gasteiger partial charge on any atom is 0.123 e. The van der Waals surface area contributed by atoms with Crippen molar-refractivity contribution in [1.29, 1.82) is 0 Å². The number of benzene rings is 2. The number of epoxide rings is 1. The Balaban J connectivity index is 1.76. The molecule has 3 heteroatoms. The van der Waals surface area contributed by atoms with Crippen molar-refractivity contribution in [2.24, 2.45) is 11.3 Å². The largest absolute Gasteiger partial charge is 0.373 e. The van der Waals surface area contributed by atoms with Gasteiger partial charge in [0.2, 0.25) is 0 Å². The topological polar surface area (TPSA) is 28.3 Å². The molecule has 0 spiro atoms. The lowest BCUT2D eigenvalue weighted by atomic mass is 9.60. The fourth-order valence-corrected chi connectivity index (χ4v) is 4.91. The zero-order valence-electron chi connectivity index (χ0n) is 14.6. The maximum absolute atomic E-state index is 13.5. The molecular formula is C22H22FNO. The molecule has 0 amide bonds. The minimum absolute atomic E-state index is 0.123. The molecule has 1 fully saturated rings. The van der Waals surface area contributed by atoms with E-state index in [0.29, 0.717) is 12.0 Å². The molecule has 2 aliphatic rings. The van der Waals surface area contributed by atoms with Gasteiger partial charge in [0.05, 0.1) is 12.7 Å². The monoisotopic (exact) mass is 335 g/mol. The Bertz CT molecular complexity index is 936. The number of ether oxygens (including phenoxy) is 1. The highest BCUT2D eigenvalue weighted by molar-refractivity contribution is 5.85. The molecule has 128 valence electrons. The maximum atomic E-state index is 13.5. The smallest absolute Gasteiger partial charge is 0.123 e. The molecule has 3 atom stereocenters. The molecule has 1 N–H and O–H groups in total. The van der Waals surface area contributed by atoms with Crippen LogP contribution in [0.3, 0.4) is 0 Å². The first-order chi connectivity index (χ1) is 12.0. The number of hydrogen-bond donors (Lipinski definition) is 1. The second kappa shape index (κ2) is 5.18. The number of nitrogens with one attached hydrogen (secondary N) is 1. The highest BCUT2D eigenvalue weighted by Gasteiger charge is 2.51. The van der Waals surface area contributed by atoms with Gasteiger partial charge >= 0.3 is 0 Å². The van der Waals surface area contributed by atoms with E-state index in [9.17, 15) is 4.39 Å². The average Bonchev–Trinajstić information content (AvgIpc) is 3.35. The van der Waals surface area contributed by atoms with Crippen LogP contribution >= 0.6 is 0 Å². The van der Waals surface area contributed by atoms with E-state index >= 15 is 0 Å². The zero-order chi connectivity index (χ0) is 17.2. The minimum Gasteiger partial charge on any atom is -0.373 e. The summed E-state index contributed by atoms with van der Waals surface area (Å²) in [6.07, 6.45) is 1.33. The van der Waals surface area contributed by atoms with Gasteiger partial charge in [0, 0.05) is 28.4 Å². The molecule has 2 heterocycles. The summed E-state index contributed by atoms with van der Waals surface area (Å²) in [7, 11) is 0. The Morgan fingerprint density at radius 2 is 1.80 bits per heavy atom. The van der Waals surface area contributed by atoms with E-state index < -0.39 is 0 Å². The number of halogens is 1. The lowest BCUT2D eigenvalue weighted by Crippen LogP contribution is -2.40. The van der Waals surface area contributed by atoms with E-state index in [-0.39, 0.29) is 17.2 Å². The zero-order valence-corrected chi connectivity index (χ0v) is 14.6.